The molecule has 1 aliphatic heterocycles. The number of carbonyl (C=O) groups excluding carboxylic acids is 2. The maximum absolute atomic E-state index is 12.0. The van der Waals surface area contributed by atoms with Gasteiger partial charge in [0, 0.05) is 29.7 Å². The summed E-state index contributed by atoms with van der Waals surface area (Å²) in [7, 11) is 1.92. The number of aromatic nitrogens is 1. The lowest BCUT2D eigenvalue weighted by molar-refractivity contribution is -0.123. The molecule has 1 atom stereocenters. The van der Waals surface area contributed by atoms with Crippen molar-refractivity contribution in [3.63, 3.8) is 0 Å². The summed E-state index contributed by atoms with van der Waals surface area (Å²) in [6, 6.07) is 7.35. The molecule has 3 amide bonds. The maximum atomic E-state index is 12.0. The van der Waals surface area contributed by atoms with Crippen LogP contribution in [0.5, 0.6) is 0 Å². The van der Waals surface area contributed by atoms with Crippen LogP contribution in [0.2, 0.25) is 0 Å². The zero-order valence-corrected chi connectivity index (χ0v) is 10.2. The standard InChI is InChI=1S/C13H13N3O2/c1-13(11(17)14-12(18)15-13)9-7-16(2)10-6-4-3-5-8(9)10/h3-7H,1-2H3,(H2,14,15,17,18). The van der Waals surface area contributed by atoms with E-state index in [2.05, 4.69) is 10.6 Å². The molecule has 1 fully saturated rings. The SMILES string of the molecule is Cn1cc(C2(C)NC(=O)NC2=O)c2ccccc21. The number of hydrogen-bond acceptors (Lipinski definition) is 2. The number of hydrogen-bond donors (Lipinski definition) is 2. The molecule has 1 aromatic carbocycles. The van der Waals surface area contributed by atoms with Gasteiger partial charge >= 0.3 is 6.03 Å². The Bertz CT molecular complexity index is 674. The fourth-order valence-electron chi connectivity index (χ4n) is 2.47. The first kappa shape index (κ1) is 10.8. The summed E-state index contributed by atoms with van der Waals surface area (Å²) in [5.74, 6) is -0.316. The molecule has 1 aromatic heterocycles. The third-order valence-corrected chi connectivity index (χ3v) is 3.48. The molecule has 18 heavy (non-hydrogen) atoms. The number of rotatable bonds is 1. The number of nitrogens with one attached hydrogen (secondary N) is 2. The van der Waals surface area contributed by atoms with Crippen LogP contribution in [0.1, 0.15) is 12.5 Å². The van der Waals surface area contributed by atoms with Crippen molar-refractivity contribution in [2.75, 3.05) is 0 Å². The molecule has 5 nitrogen and oxygen atoms in total. The average molecular weight is 243 g/mol. The van der Waals surface area contributed by atoms with Crippen LogP contribution in [0.4, 0.5) is 4.79 Å². The number of fused-ring (bicyclic) bond motifs is 1. The number of carbonyl (C=O) groups is 2. The van der Waals surface area contributed by atoms with Crippen molar-refractivity contribution in [2.24, 2.45) is 7.05 Å². The van der Waals surface area contributed by atoms with E-state index in [1.54, 1.807) is 6.92 Å². The first-order valence-corrected chi connectivity index (χ1v) is 5.70. The summed E-state index contributed by atoms with van der Waals surface area (Å²) < 4.78 is 1.95. The Kier molecular flexibility index (Phi) is 2.02. The molecule has 1 unspecified atom stereocenters. The van der Waals surface area contributed by atoms with Crippen molar-refractivity contribution in [2.45, 2.75) is 12.5 Å². The highest BCUT2D eigenvalue weighted by Crippen LogP contribution is 2.31. The zero-order valence-electron chi connectivity index (χ0n) is 10.2. The molecule has 0 aliphatic carbocycles. The fourth-order valence-corrected chi connectivity index (χ4v) is 2.47. The number of aryl methyl sites for hydroxylation is 1. The summed E-state index contributed by atoms with van der Waals surface area (Å²) in [6.45, 7) is 1.72. The largest absolute Gasteiger partial charge is 0.350 e. The van der Waals surface area contributed by atoms with Gasteiger partial charge in [0.25, 0.3) is 5.91 Å². The van der Waals surface area contributed by atoms with E-state index in [0.717, 1.165) is 16.5 Å². The molecule has 3 rings (SSSR count). The highest BCUT2D eigenvalue weighted by molar-refractivity contribution is 6.09. The van der Waals surface area contributed by atoms with Crippen LogP contribution in [0.3, 0.4) is 0 Å². The molecule has 0 radical (unpaired) electrons. The zero-order chi connectivity index (χ0) is 12.9. The number of urea groups is 1. The number of para-hydroxylation sites is 1. The lowest BCUT2D eigenvalue weighted by atomic mass is 9.92. The van der Waals surface area contributed by atoms with Gasteiger partial charge in [0.1, 0.15) is 5.54 Å². The molecule has 0 spiro atoms. The van der Waals surface area contributed by atoms with Gasteiger partial charge in [-0.15, -0.1) is 0 Å². The highest BCUT2D eigenvalue weighted by atomic mass is 16.2. The normalized spacial score (nSPS) is 23.2. The number of amides is 3. The number of imide groups is 1. The van der Waals surface area contributed by atoms with Crippen LogP contribution in [0, 0.1) is 0 Å². The van der Waals surface area contributed by atoms with E-state index in [0.29, 0.717) is 0 Å². The highest BCUT2D eigenvalue weighted by Gasteiger charge is 2.44. The Labute approximate surface area is 104 Å². The molecule has 1 aliphatic rings. The van der Waals surface area contributed by atoms with Crippen LogP contribution in [-0.4, -0.2) is 16.5 Å². The van der Waals surface area contributed by atoms with Crippen LogP contribution in [-0.2, 0) is 17.4 Å². The van der Waals surface area contributed by atoms with Crippen LogP contribution < -0.4 is 10.6 Å². The molecular weight excluding hydrogens is 230 g/mol. The Morgan fingerprint density at radius 3 is 2.61 bits per heavy atom. The Morgan fingerprint density at radius 1 is 1.22 bits per heavy atom. The van der Waals surface area contributed by atoms with Crippen molar-refractivity contribution < 1.29 is 9.59 Å². The second-order valence-corrected chi connectivity index (χ2v) is 4.70. The van der Waals surface area contributed by atoms with Gasteiger partial charge in [0.2, 0.25) is 0 Å². The Morgan fingerprint density at radius 2 is 1.94 bits per heavy atom. The molecule has 5 heteroatoms. The van der Waals surface area contributed by atoms with Crippen molar-refractivity contribution >= 4 is 22.8 Å². The minimum absolute atomic E-state index is 0.316. The Hall–Kier alpha value is -2.30. The molecule has 2 N–H and O–H groups in total. The Balaban J connectivity index is 2.27. The van der Waals surface area contributed by atoms with E-state index in [9.17, 15) is 9.59 Å². The first-order chi connectivity index (χ1) is 8.52. The monoisotopic (exact) mass is 243 g/mol. The third kappa shape index (κ3) is 1.27. The van der Waals surface area contributed by atoms with Crippen molar-refractivity contribution in [1.82, 2.24) is 15.2 Å². The van der Waals surface area contributed by atoms with E-state index in [4.69, 9.17) is 0 Å². The van der Waals surface area contributed by atoms with E-state index >= 15 is 0 Å². The van der Waals surface area contributed by atoms with Gasteiger partial charge in [-0.2, -0.15) is 0 Å². The topological polar surface area (TPSA) is 63.1 Å². The maximum Gasteiger partial charge on any atom is 0.322 e. The van der Waals surface area contributed by atoms with Gasteiger partial charge in [-0.25, -0.2) is 4.79 Å². The second kappa shape index (κ2) is 3.35. The number of nitrogens with zero attached hydrogens (tertiary/aromatic N) is 1. The quantitative estimate of drug-likeness (QED) is 0.740. The summed E-state index contributed by atoms with van der Waals surface area (Å²) in [5, 5.41) is 5.94. The van der Waals surface area contributed by atoms with Crippen molar-refractivity contribution in [3.05, 3.63) is 36.0 Å². The molecule has 0 bridgehead atoms. The van der Waals surface area contributed by atoms with Crippen LogP contribution in [0.25, 0.3) is 10.9 Å². The molecule has 92 valence electrons. The van der Waals surface area contributed by atoms with Gasteiger partial charge < -0.3 is 9.88 Å². The first-order valence-electron chi connectivity index (χ1n) is 5.70. The van der Waals surface area contributed by atoms with Crippen LogP contribution >= 0.6 is 0 Å². The molecule has 2 heterocycles. The van der Waals surface area contributed by atoms with Gasteiger partial charge in [-0.3, -0.25) is 10.1 Å². The molecule has 2 aromatic rings. The predicted molar refractivity (Wildman–Crippen MR) is 66.9 cm³/mol. The summed E-state index contributed by atoms with van der Waals surface area (Å²) >= 11 is 0. The summed E-state index contributed by atoms with van der Waals surface area (Å²) in [5.41, 5.74) is 0.837. The van der Waals surface area contributed by atoms with E-state index < -0.39 is 11.6 Å². The van der Waals surface area contributed by atoms with E-state index in [1.165, 1.54) is 0 Å². The lowest BCUT2D eigenvalue weighted by Gasteiger charge is -2.19. The van der Waals surface area contributed by atoms with Gasteiger partial charge in [0.15, 0.2) is 0 Å². The third-order valence-electron chi connectivity index (χ3n) is 3.48. The molecule has 1 saturated heterocycles. The molecule has 0 saturated carbocycles. The van der Waals surface area contributed by atoms with Crippen molar-refractivity contribution in [1.29, 1.82) is 0 Å². The molecular formula is C13H13N3O2. The van der Waals surface area contributed by atoms with E-state index in [-0.39, 0.29) is 5.91 Å². The summed E-state index contributed by atoms with van der Waals surface area (Å²) in [4.78, 5) is 23.3. The lowest BCUT2D eigenvalue weighted by Crippen LogP contribution is -2.40. The average Bonchev–Trinajstić information content (AvgIpc) is 2.80. The number of benzene rings is 1. The smallest absolute Gasteiger partial charge is 0.322 e. The van der Waals surface area contributed by atoms with E-state index in [1.807, 2.05) is 42.1 Å². The minimum atomic E-state index is -1.00. The van der Waals surface area contributed by atoms with Gasteiger partial charge in [-0.1, -0.05) is 18.2 Å². The fraction of sp³-hybridized carbons (Fsp3) is 0.231. The van der Waals surface area contributed by atoms with Gasteiger partial charge in [-0.05, 0) is 13.0 Å². The second-order valence-electron chi connectivity index (χ2n) is 4.70. The van der Waals surface area contributed by atoms with Crippen LogP contribution in [0.15, 0.2) is 30.5 Å². The van der Waals surface area contributed by atoms with Crippen molar-refractivity contribution in [3.8, 4) is 0 Å². The minimum Gasteiger partial charge on any atom is -0.350 e. The summed E-state index contributed by atoms with van der Waals surface area (Å²) in [6.07, 6.45) is 1.88. The predicted octanol–water partition coefficient (Wildman–Crippen LogP) is 1.23. The van der Waals surface area contributed by atoms with Gasteiger partial charge in [0.05, 0.1) is 0 Å².